The minimum absolute atomic E-state index is 0.00914. The first-order valence-electron chi connectivity index (χ1n) is 7.79. The van der Waals surface area contributed by atoms with E-state index < -0.39 is 5.97 Å². The first-order valence-corrected chi connectivity index (χ1v) is 7.79. The highest BCUT2D eigenvalue weighted by molar-refractivity contribution is 5.88. The van der Waals surface area contributed by atoms with E-state index in [4.69, 9.17) is 5.11 Å². The van der Waals surface area contributed by atoms with E-state index in [-0.39, 0.29) is 17.2 Å². The molecule has 2 aromatic rings. The van der Waals surface area contributed by atoms with Crippen molar-refractivity contribution >= 4 is 5.97 Å². The largest absolute Gasteiger partial charge is 0.478 e. The van der Waals surface area contributed by atoms with Crippen LogP contribution in [0.3, 0.4) is 0 Å². The van der Waals surface area contributed by atoms with Crippen LogP contribution in [0.2, 0.25) is 0 Å². The second-order valence-corrected chi connectivity index (χ2v) is 6.05. The van der Waals surface area contributed by atoms with Crippen LogP contribution in [0.5, 0.6) is 0 Å². The quantitative estimate of drug-likeness (QED) is 0.946. The Labute approximate surface area is 134 Å². The number of rotatable bonds is 3. The summed E-state index contributed by atoms with van der Waals surface area (Å²) in [7, 11) is 2.10. The normalized spacial score (nSPS) is 16.4. The molecule has 0 amide bonds. The molecule has 0 bridgehead atoms. The SMILES string of the molecule is CN1CCC(n2cccc(-c3ccc(C(=O)O)cc3)c2=O)CC1. The Morgan fingerprint density at radius 3 is 2.39 bits per heavy atom. The molecular formula is C18H20N2O3. The molecule has 23 heavy (non-hydrogen) atoms. The van der Waals surface area contributed by atoms with Gasteiger partial charge in [0.15, 0.2) is 0 Å². The molecule has 0 atom stereocenters. The summed E-state index contributed by atoms with van der Waals surface area (Å²) in [6.07, 6.45) is 3.79. The van der Waals surface area contributed by atoms with Gasteiger partial charge in [-0.1, -0.05) is 12.1 Å². The van der Waals surface area contributed by atoms with Crippen molar-refractivity contribution in [3.63, 3.8) is 0 Å². The zero-order chi connectivity index (χ0) is 16.4. The Morgan fingerprint density at radius 1 is 1.13 bits per heavy atom. The Hall–Kier alpha value is -2.40. The van der Waals surface area contributed by atoms with Gasteiger partial charge >= 0.3 is 5.97 Å². The average Bonchev–Trinajstić information content (AvgIpc) is 2.56. The predicted molar refractivity (Wildman–Crippen MR) is 88.9 cm³/mol. The number of benzene rings is 1. The number of carbonyl (C=O) groups is 1. The fourth-order valence-electron chi connectivity index (χ4n) is 3.08. The summed E-state index contributed by atoms with van der Waals surface area (Å²) in [5.74, 6) is -0.964. The van der Waals surface area contributed by atoms with Gasteiger partial charge in [0.05, 0.1) is 5.56 Å². The molecule has 0 aliphatic carbocycles. The Morgan fingerprint density at radius 2 is 1.78 bits per heavy atom. The number of aromatic carboxylic acids is 1. The molecule has 2 heterocycles. The maximum atomic E-state index is 12.8. The monoisotopic (exact) mass is 312 g/mol. The van der Waals surface area contributed by atoms with E-state index in [0.717, 1.165) is 31.5 Å². The van der Waals surface area contributed by atoms with Crippen molar-refractivity contribution in [3.05, 3.63) is 58.5 Å². The zero-order valence-electron chi connectivity index (χ0n) is 13.1. The average molecular weight is 312 g/mol. The van der Waals surface area contributed by atoms with Crippen molar-refractivity contribution in [3.8, 4) is 11.1 Å². The van der Waals surface area contributed by atoms with Crippen LogP contribution in [0, 0.1) is 0 Å². The molecule has 1 N–H and O–H groups in total. The molecule has 1 fully saturated rings. The molecule has 0 spiro atoms. The number of hydrogen-bond donors (Lipinski definition) is 1. The molecule has 1 saturated heterocycles. The van der Waals surface area contributed by atoms with Gasteiger partial charge in [-0.25, -0.2) is 4.79 Å². The summed E-state index contributed by atoms with van der Waals surface area (Å²) < 4.78 is 1.83. The van der Waals surface area contributed by atoms with Crippen molar-refractivity contribution < 1.29 is 9.90 Å². The molecule has 1 aromatic heterocycles. The van der Waals surface area contributed by atoms with Crippen molar-refractivity contribution in [2.45, 2.75) is 18.9 Å². The predicted octanol–water partition coefficient (Wildman–Crippen LogP) is 2.48. The third-order valence-corrected chi connectivity index (χ3v) is 4.50. The van der Waals surface area contributed by atoms with Gasteiger partial charge in [-0.3, -0.25) is 4.79 Å². The van der Waals surface area contributed by atoms with Crippen molar-refractivity contribution in [1.82, 2.24) is 9.47 Å². The second kappa shape index (κ2) is 6.38. The van der Waals surface area contributed by atoms with Crippen LogP contribution in [-0.4, -0.2) is 40.7 Å². The highest BCUT2D eigenvalue weighted by atomic mass is 16.4. The van der Waals surface area contributed by atoms with Crippen LogP contribution in [0.25, 0.3) is 11.1 Å². The second-order valence-electron chi connectivity index (χ2n) is 6.05. The highest BCUT2D eigenvalue weighted by Gasteiger charge is 2.20. The van der Waals surface area contributed by atoms with Gasteiger partial charge in [-0.2, -0.15) is 0 Å². The van der Waals surface area contributed by atoms with E-state index >= 15 is 0 Å². The van der Waals surface area contributed by atoms with Crippen LogP contribution in [0.15, 0.2) is 47.4 Å². The molecule has 5 nitrogen and oxygen atoms in total. The van der Waals surface area contributed by atoms with Gasteiger partial charge in [0.1, 0.15) is 0 Å². The van der Waals surface area contributed by atoms with E-state index in [0.29, 0.717) is 5.56 Å². The Balaban J connectivity index is 1.93. The Bertz CT molecular complexity index is 757. The minimum Gasteiger partial charge on any atom is -0.478 e. The van der Waals surface area contributed by atoms with Crippen molar-refractivity contribution in [2.24, 2.45) is 0 Å². The summed E-state index contributed by atoms with van der Waals surface area (Å²) >= 11 is 0. The van der Waals surface area contributed by atoms with E-state index in [1.165, 1.54) is 12.1 Å². The fraction of sp³-hybridized carbons (Fsp3) is 0.333. The number of aromatic nitrogens is 1. The molecule has 0 radical (unpaired) electrons. The summed E-state index contributed by atoms with van der Waals surface area (Å²) in [6, 6.07) is 10.4. The fourth-order valence-corrected chi connectivity index (χ4v) is 3.08. The van der Waals surface area contributed by atoms with Gasteiger partial charge in [-0.15, -0.1) is 0 Å². The number of likely N-dealkylation sites (tertiary alicyclic amines) is 1. The maximum absolute atomic E-state index is 12.8. The number of pyridine rings is 1. The van der Waals surface area contributed by atoms with Gasteiger partial charge < -0.3 is 14.6 Å². The number of carboxylic acid groups (broad SMARTS) is 1. The third kappa shape index (κ3) is 3.19. The lowest BCUT2D eigenvalue weighted by atomic mass is 10.0. The number of carboxylic acids is 1. The molecule has 0 saturated carbocycles. The zero-order valence-corrected chi connectivity index (χ0v) is 13.1. The number of hydrogen-bond acceptors (Lipinski definition) is 3. The highest BCUT2D eigenvalue weighted by Crippen LogP contribution is 2.22. The van der Waals surface area contributed by atoms with E-state index in [9.17, 15) is 9.59 Å². The molecular weight excluding hydrogens is 292 g/mol. The summed E-state index contributed by atoms with van der Waals surface area (Å²) in [5, 5.41) is 8.97. The molecule has 1 aromatic carbocycles. The van der Waals surface area contributed by atoms with Crippen LogP contribution >= 0.6 is 0 Å². The van der Waals surface area contributed by atoms with E-state index in [1.807, 2.05) is 16.8 Å². The molecule has 5 heteroatoms. The first kappa shape index (κ1) is 15.5. The molecule has 0 unspecified atom stereocenters. The minimum atomic E-state index is -0.964. The van der Waals surface area contributed by atoms with Gasteiger partial charge in [-0.05, 0) is 62.8 Å². The number of piperidine rings is 1. The van der Waals surface area contributed by atoms with Crippen LogP contribution < -0.4 is 5.56 Å². The third-order valence-electron chi connectivity index (χ3n) is 4.50. The van der Waals surface area contributed by atoms with Crippen LogP contribution in [0.4, 0.5) is 0 Å². The lowest BCUT2D eigenvalue weighted by Gasteiger charge is -2.30. The summed E-state index contributed by atoms with van der Waals surface area (Å²) in [5.41, 5.74) is 1.58. The van der Waals surface area contributed by atoms with Gasteiger partial charge in [0, 0.05) is 17.8 Å². The lowest BCUT2D eigenvalue weighted by Crippen LogP contribution is -2.35. The standard InChI is InChI=1S/C18H20N2O3/c1-19-11-8-15(9-12-19)20-10-2-3-16(17(20)21)13-4-6-14(7-5-13)18(22)23/h2-7,10,15H,8-9,11-12H2,1H3,(H,22,23). The summed E-state index contributed by atoms with van der Waals surface area (Å²) in [6.45, 7) is 1.99. The van der Waals surface area contributed by atoms with Gasteiger partial charge in [0.25, 0.3) is 5.56 Å². The molecule has 120 valence electrons. The van der Waals surface area contributed by atoms with Crippen LogP contribution in [0.1, 0.15) is 29.2 Å². The molecule has 1 aliphatic heterocycles. The summed E-state index contributed by atoms with van der Waals surface area (Å²) in [4.78, 5) is 26.0. The lowest BCUT2D eigenvalue weighted by molar-refractivity contribution is 0.0697. The van der Waals surface area contributed by atoms with Crippen molar-refractivity contribution in [1.29, 1.82) is 0 Å². The maximum Gasteiger partial charge on any atom is 0.335 e. The van der Waals surface area contributed by atoms with E-state index in [2.05, 4.69) is 11.9 Å². The first-order chi connectivity index (χ1) is 11.1. The molecule has 3 rings (SSSR count). The molecule has 1 aliphatic rings. The van der Waals surface area contributed by atoms with E-state index in [1.54, 1.807) is 18.2 Å². The Kier molecular flexibility index (Phi) is 4.30. The number of nitrogens with zero attached hydrogens (tertiary/aromatic N) is 2. The van der Waals surface area contributed by atoms with Crippen molar-refractivity contribution in [2.75, 3.05) is 20.1 Å². The van der Waals surface area contributed by atoms with Gasteiger partial charge in [0.2, 0.25) is 0 Å². The van der Waals surface area contributed by atoms with Crippen LogP contribution in [-0.2, 0) is 0 Å². The smallest absolute Gasteiger partial charge is 0.335 e. The topological polar surface area (TPSA) is 62.5 Å².